The third-order valence-electron chi connectivity index (χ3n) is 5.14. The van der Waals surface area contributed by atoms with Crippen LogP contribution in [0.3, 0.4) is 0 Å². The number of esters is 2. The van der Waals surface area contributed by atoms with Gasteiger partial charge in [-0.2, -0.15) is 0 Å². The Morgan fingerprint density at radius 2 is 1.73 bits per heavy atom. The number of benzene rings is 1. The molecule has 2 rings (SSSR count). The normalized spacial score (nSPS) is 12.7. The number of aromatic nitrogens is 1. The summed E-state index contributed by atoms with van der Waals surface area (Å²) in [6.07, 6.45) is -0.0809. The molecule has 1 heterocycles. The van der Waals surface area contributed by atoms with Gasteiger partial charge in [-0.1, -0.05) is 32.0 Å². The van der Waals surface area contributed by atoms with Crippen molar-refractivity contribution in [3.05, 3.63) is 52.3 Å². The van der Waals surface area contributed by atoms with E-state index in [0.717, 1.165) is 12.0 Å². The van der Waals surface area contributed by atoms with E-state index >= 15 is 0 Å². The van der Waals surface area contributed by atoms with Crippen LogP contribution in [0.15, 0.2) is 24.3 Å². The number of nitrogens with one attached hydrogen (secondary N) is 2. The van der Waals surface area contributed by atoms with Gasteiger partial charge in [0.15, 0.2) is 6.10 Å². The van der Waals surface area contributed by atoms with Gasteiger partial charge in [0.25, 0.3) is 5.91 Å². The van der Waals surface area contributed by atoms with Gasteiger partial charge in [0, 0.05) is 11.4 Å². The van der Waals surface area contributed by atoms with Crippen LogP contribution in [-0.2, 0) is 14.3 Å². The Bertz CT molecular complexity index is 932. The van der Waals surface area contributed by atoms with Crippen molar-refractivity contribution in [2.24, 2.45) is 0 Å². The number of rotatable bonds is 8. The highest BCUT2D eigenvalue weighted by Crippen LogP contribution is 2.27. The summed E-state index contributed by atoms with van der Waals surface area (Å²) in [5.74, 6) is -1.35. The zero-order chi connectivity index (χ0) is 22.4. The van der Waals surface area contributed by atoms with Crippen molar-refractivity contribution < 1.29 is 23.9 Å². The number of aryl methyl sites for hydroxylation is 1. The Labute approximate surface area is 177 Å². The average molecular weight is 415 g/mol. The number of amides is 1. The van der Waals surface area contributed by atoms with Gasteiger partial charge in [-0.25, -0.2) is 9.59 Å². The summed E-state index contributed by atoms with van der Waals surface area (Å²) < 4.78 is 10.4. The second kappa shape index (κ2) is 10.1. The van der Waals surface area contributed by atoms with Crippen molar-refractivity contribution in [3.8, 4) is 0 Å². The fourth-order valence-electron chi connectivity index (χ4n) is 3.23. The molecule has 1 aromatic carbocycles. The predicted molar refractivity (Wildman–Crippen MR) is 115 cm³/mol. The molecule has 7 nitrogen and oxygen atoms in total. The monoisotopic (exact) mass is 414 g/mol. The maximum Gasteiger partial charge on any atom is 0.355 e. The van der Waals surface area contributed by atoms with Crippen LogP contribution in [0.5, 0.6) is 0 Å². The van der Waals surface area contributed by atoms with Crippen LogP contribution in [-0.4, -0.2) is 35.5 Å². The summed E-state index contributed by atoms with van der Waals surface area (Å²) in [7, 11) is 0. The van der Waals surface area contributed by atoms with E-state index < -0.39 is 23.9 Å². The van der Waals surface area contributed by atoms with Gasteiger partial charge in [0.2, 0.25) is 0 Å². The first-order valence-corrected chi connectivity index (χ1v) is 10.2. The maximum atomic E-state index is 12.6. The van der Waals surface area contributed by atoms with Crippen molar-refractivity contribution in [1.29, 1.82) is 0 Å². The van der Waals surface area contributed by atoms with Crippen LogP contribution in [0.25, 0.3) is 0 Å². The number of H-pyrrole nitrogens is 1. The number of aromatic amines is 1. The summed E-state index contributed by atoms with van der Waals surface area (Å²) in [4.78, 5) is 40.2. The minimum absolute atomic E-state index is 0.134. The second-order valence-corrected chi connectivity index (χ2v) is 7.28. The zero-order valence-electron chi connectivity index (χ0n) is 18.4. The molecule has 0 bridgehead atoms. The third-order valence-corrected chi connectivity index (χ3v) is 5.14. The number of anilines is 1. The lowest BCUT2D eigenvalue weighted by atomic mass is 9.97. The summed E-state index contributed by atoms with van der Waals surface area (Å²) >= 11 is 0. The second-order valence-electron chi connectivity index (χ2n) is 7.28. The highest BCUT2D eigenvalue weighted by Gasteiger charge is 2.26. The Morgan fingerprint density at radius 3 is 2.37 bits per heavy atom. The number of hydrogen-bond acceptors (Lipinski definition) is 5. The standard InChI is InChI=1S/C23H30N2O5/c1-7-13(3)17-11-9-10-12-18(17)25-21(26)16(6)30-23(28)20-14(4)19(15(5)24-20)22(27)29-8-2/h9-13,16,24H,7-8H2,1-6H3,(H,25,26)/t13-,16+/m1/s1. The molecule has 2 N–H and O–H groups in total. The van der Waals surface area contributed by atoms with Gasteiger partial charge >= 0.3 is 11.9 Å². The molecule has 0 fully saturated rings. The number of hydrogen-bond donors (Lipinski definition) is 2. The Balaban J connectivity index is 2.13. The van der Waals surface area contributed by atoms with Gasteiger partial charge in [-0.05, 0) is 57.2 Å². The largest absolute Gasteiger partial charge is 0.462 e. The van der Waals surface area contributed by atoms with Crippen LogP contribution in [0.2, 0.25) is 0 Å². The summed E-state index contributed by atoms with van der Waals surface area (Å²) in [6.45, 7) is 10.9. The molecular weight excluding hydrogens is 384 g/mol. The molecule has 7 heteroatoms. The lowest BCUT2D eigenvalue weighted by Gasteiger charge is -2.18. The molecule has 0 saturated heterocycles. The molecule has 1 amide bonds. The van der Waals surface area contributed by atoms with Crippen LogP contribution in [0, 0.1) is 13.8 Å². The van der Waals surface area contributed by atoms with Crippen molar-refractivity contribution in [2.45, 2.75) is 60.0 Å². The Kier molecular flexibility index (Phi) is 7.80. The molecule has 30 heavy (non-hydrogen) atoms. The van der Waals surface area contributed by atoms with Gasteiger partial charge in [-0.15, -0.1) is 0 Å². The van der Waals surface area contributed by atoms with Gasteiger partial charge in [0.05, 0.1) is 12.2 Å². The molecule has 2 atom stereocenters. The average Bonchev–Trinajstić information content (AvgIpc) is 3.02. The first kappa shape index (κ1) is 23.2. The minimum atomic E-state index is -1.02. The molecule has 0 aliphatic rings. The molecule has 0 radical (unpaired) electrons. The molecular formula is C23H30N2O5. The molecule has 0 unspecified atom stereocenters. The van der Waals surface area contributed by atoms with Crippen LogP contribution in [0.1, 0.15) is 77.7 Å². The van der Waals surface area contributed by atoms with Crippen molar-refractivity contribution in [3.63, 3.8) is 0 Å². The highest BCUT2D eigenvalue weighted by atomic mass is 16.5. The molecule has 0 aliphatic heterocycles. The van der Waals surface area contributed by atoms with E-state index in [1.54, 1.807) is 20.8 Å². The molecule has 162 valence electrons. The van der Waals surface area contributed by atoms with Crippen molar-refractivity contribution in [1.82, 2.24) is 4.98 Å². The van der Waals surface area contributed by atoms with E-state index in [0.29, 0.717) is 22.5 Å². The quantitative estimate of drug-likeness (QED) is 0.620. The summed E-state index contributed by atoms with van der Waals surface area (Å²) in [5.41, 5.74) is 3.12. The van der Waals surface area contributed by atoms with Crippen molar-refractivity contribution in [2.75, 3.05) is 11.9 Å². The number of carbonyl (C=O) groups is 3. The molecule has 1 aromatic heterocycles. The Hall–Kier alpha value is -3.09. The van der Waals surface area contributed by atoms with Crippen molar-refractivity contribution >= 4 is 23.5 Å². The smallest absolute Gasteiger partial charge is 0.355 e. The van der Waals surface area contributed by atoms with E-state index in [-0.39, 0.29) is 18.2 Å². The lowest BCUT2D eigenvalue weighted by molar-refractivity contribution is -0.123. The first-order valence-electron chi connectivity index (χ1n) is 10.2. The first-order chi connectivity index (χ1) is 14.2. The fraction of sp³-hybridized carbons (Fsp3) is 0.435. The predicted octanol–water partition coefficient (Wildman–Crippen LogP) is 4.51. The highest BCUT2D eigenvalue weighted by molar-refractivity contribution is 6.00. The maximum absolute atomic E-state index is 12.6. The van der Waals surface area contributed by atoms with Gasteiger partial charge in [0.1, 0.15) is 5.69 Å². The van der Waals surface area contributed by atoms with Crippen LogP contribution in [0.4, 0.5) is 5.69 Å². The van der Waals surface area contributed by atoms with E-state index in [1.165, 1.54) is 6.92 Å². The Morgan fingerprint density at radius 1 is 1.07 bits per heavy atom. The van der Waals surface area contributed by atoms with Crippen LogP contribution < -0.4 is 5.32 Å². The zero-order valence-corrected chi connectivity index (χ0v) is 18.4. The molecule has 0 spiro atoms. The number of ether oxygens (including phenoxy) is 2. The van der Waals surface area contributed by atoms with E-state index in [1.807, 2.05) is 24.3 Å². The SMILES string of the molecule is CCOC(=O)c1c(C)[nH]c(C(=O)O[C@@H](C)C(=O)Nc2ccccc2[C@H](C)CC)c1C. The fourth-order valence-corrected chi connectivity index (χ4v) is 3.23. The molecule has 2 aromatic rings. The summed E-state index contributed by atoms with van der Waals surface area (Å²) in [6, 6.07) is 7.58. The van der Waals surface area contributed by atoms with E-state index in [9.17, 15) is 14.4 Å². The van der Waals surface area contributed by atoms with Gasteiger partial charge in [-0.3, -0.25) is 4.79 Å². The molecule has 0 aliphatic carbocycles. The molecule has 0 saturated carbocycles. The van der Waals surface area contributed by atoms with E-state index in [2.05, 4.69) is 24.1 Å². The summed E-state index contributed by atoms with van der Waals surface area (Å²) in [5, 5.41) is 2.85. The minimum Gasteiger partial charge on any atom is -0.462 e. The van der Waals surface area contributed by atoms with Gasteiger partial charge < -0.3 is 19.8 Å². The van der Waals surface area contributed by atoms with Crippen LogP contribution >= 0.6 is 0 Å². The third kappa shape index (κ3) is 5.09. The lowest BCUT2D eigenvalue weighted by Crippen LogP contribution is -2.30. The van der Waals surface area contributed by atoms with E-state index in [4.69, 9.17) is 9.47 Å². The number of carbonyl (C=O) groups excluding carboxylic acids is 3. The number of para-hydroxylation sites is 1. The topological polar surface area (TPSA) is 97.5 Å².